The quantitative estimate of drug-likeness (QED) is 0.906. The van der Waals surface area contributed by atoms with Crippen LogP contribution >= 0.6 is 11.3 Å². The Bertz CT molecular complexity index is 763. The fraction of sp³-hybridized carbons (Fsp3) is 0.353. The molecule has 3 N–H and O–H groups in total. The number of anilines is 1. The van der Waals surface area contributed by atoms with Crippen molar-refractivity contribution in [2.24, 2.45) is 11.1 Å². The van der Waals surface area contributed by atoms with Crippen molar-refractivity contribution in [3.63, 3.8) is 0 Å². The number of benzene rings is 1. The highest BCUT2D eigenvalue weighted by Gasteiger charge is 2.34. The summed E-state index contributed by atoms with van der Waals surface area (Å²) in [6.45, 7) is 4.56. The molecule has 5 nitrogen and oxygen atoms in total. The van der Waals surface area contributed by atoms with Gasteiger partial charge in [-0.25, -0.2) is 4.98 Å². The summed E-state index contributed by atoms with van der Waals surface area (Å²) in [5.74, 6) is -0.118. The summed E-state index contributed by atoms with van der Waals surface area (Å²) in [6.07, 6.45) is 1.28. The van der Waals surface area contributed by atoms with Crippen molar-refractivity contribution >= 4 is 28.2 Å². The van der Waals surface area contributed by atoms with Gasteiger partial charge in [0.2, 0.25) is 0 Å². The van der Waals surface area contributed by atoms with Crippen LogP contribution in [0, 0.1) is 5.41 Å². The summed E-state index contributed by atoms with van der Waals surface area (Å²) in [4.78, 5) is 29.6. The van der Waals surface area contributed by atoms with E-state index >= 15 is 0 Å². The normalized spacial score (nSPS) is 16.0. The molecule has 1 aliphatic rings. The Morgan fingerprint density at radius 3 is 2.65 bits per heavy atom. The number of carbonyl (C=O) groups excluding carboxylic acids is 2. The number of rotatable bonds is 3. The van der Waals surface area contributed by atoms with E-state index in [0.29, 0.717) is 28.5 Å². The van der Waals surface area contributed by atoms with E-state index in [0.717, 1.165) is 17.7 Å². The maximum Gasteiger partial charge on any atom is 0.257 e. The molecule has 2 aromatic rings. The van der Waals surface area contributed by atoms with E-state index in [1.54, 1.807) is 12.1 Å². The van der Waals surface area contributed by atoms with E-state index in [1.807, 2.05) is 12.1 Å². The van der Waals surface area contributed by atoms with Gasteiger partial charge in [0, 0.05) is 18.5 Å². The molecule has 0 bridgehead atoms. The van der Waals surface area contributed by atoms with Gasteiger partial charge in [-0.15, -0.1) is 0 Å². The molecule has 3 rings (SSSR count). The molecule has 1 amide bonds. The standard InChI is InChI=1S/C17H19N3O2S/c1-17(2)7-12-14(13(21)8-17)23-16(19-12)20-15(22)11-5-3-10(9-18)4-6-11/h3-6H,7-9,18H2,1-2H3,(H,19,20,22). The summed E-state index contributed by atoms with van der Waals surface area (Å²) in [7, 11) is 0. The third-order valence-electron chi connectivity index (χ3n) is 3.91. The highest BCUT2D eigenvalue weighted by Crippen LogP contribution is 2.38. The molecule has 1 aromatic carbocycles. The Balaban J connectivity index is 1.78. The van der Waals surface area contributed by atoms with Gasteiger partial charge in [0.25, 0.3) is 5.91 Å². The maximum absolute atomic E-state index is 12.3. The topological polar surface area (TPSA) is 85.1 Å². The van der Waals surface area contributed by atoms with Gasteiger partial charge in [0.15, 0.2) is 10.9 Å². The lowest BCUT2D eigenvalue weighted by atomic mass is 9.78. The zero-order valence-electron chi connectivity index (χ0n) is 13.2. The fourth-order valence-electron chi connectivity index (χ4n) is 2.74. The average molecular weight is 329 g/mol. The highest BCUT2D eigenvalue weighted by atomic mass is 32.1. The Kier molecular flexibility index (Phi) is 4.04. The van der Waals surface area contributed by atoms with Crippen LogP contribution in [0.15, 0.2) is 24.3 Å². The maximum atomic E-state index is 12.3. The number of hydrogen-bond acceptors (Lipinski definition) is 5. The zero-order chi connectivity index (χ0) is 16.6. The predicted molar refractivity (Wildman–Crippen MR) is 90.8 cm³/mol. The molecule has 0 saturated carbocycles. The molecule has 1 aromatic heterocycles. The number of carbonyl (C=O) groups is 2. The first-order chi connectivity index (χ1) is 10.9. The molecule has 0 aliphatic heterocycles. The smallest absolute Gasteiger partial charge is 0.257 e. The highest BCUT2D eigenvalue weighted by molar-refractivity contribution is 7.17. The third kappa shape index (κ3) is 3.33. The van der Waals surface area contributed by atoms with Gasteiger partial charge in [0.1, 0.15) is 0 Å². The molecule has 120 valence electrons. The summed E-state index contributed by atoms with van der Waals surface area (Å²) in [5, 5.41) is 3.27. The number of thiazole rings is 1. The molecule has 0 spiro atoms. The minimum atomic E-state index is -0.230. The number of ketones is 1. The number of Topliss-reactive ketones (excluding diaryl/α,β-unsaturated/α-hetero) is 1. The second kappa shape index (κ2) is 5.86. The largest absolute Gasteiger partial charge is 0.326 e. The SMILES string of the molecule is CC1(C)CC(=O)c2sc(NC(=O)c3ccc(CN)cc3)nc2C1. The lowest BCUT2D eigenvalue weighted by Crippen LogP contribution is -2.26. The van der Waals surface area contributed by atoms with Gasteiger partial charge >= 0.3 is 0 Å². The molecule has 1 aliphatic carbocycles. The molecule has 0 fully saturated rings. The summed E-state index contributed by atoms with van der Waals surface area (Å²) < 4.78 is 0. The van der Waals surface area contributed by atoms with Crippen molar-refractivity contribution in [3.8, 4) is 0 Å². The van der Waals surface area contributed by atoms with E-state index < -0.39 is 0 Å². The predicted octanol–water partition coefficient (Wildman–Crippen LogP) is 3.01. The van der Waals surface area contributed by atoms with E-state index in [1.165, 1.54) is 11.3 Å². The van der Waals surface area contributed by atoms with Crippen molar-refractivity contribution in [1.82, 2.24) is 4.98 Å². The lowest BCUT2D eigenvalue weighted by Gasteiger charge is -2.26. The fourth-order valence-corrected chi connectivity index (χ4v) is 3.65. The van der Waals surface area contributed by atoms with Gasteiger partial charge in [-0.05, 0) is 29.5 Å². The zero-order valence-corrected chi connectivity index (χ0v) is 14.0. The van der Waals surface area contributed by atoms with Gasteiger partial charge in [-0.1, -0.05) is 37.3 Å². The Labute approximate surface area is 138 Å². The van der Waals surface area contributed by atoms with Crippen molar-refractivity contribution in [2.75, 3.05) is 5.32 Å². The molecule has 0 radical (unpaired) electrons. The van der Waals surface area contributed by atoms with Crippen LogP contribution in [0.3, 0.4) is 0 Å². The number of fused-ring (bicyclic) bond motifs is 1. The van der Waals surface area contributed by atoms with E-state index in [2.05, 4.69) is 24.1 Å². The minimum absolute atomic E-state index is 0.0719. The molecule has 0 atom stereocenters. The van der Waals surface area contributed by atoms with Crippen molar-refractivity contribution in [3.05, 3.63) is 46.0 Å². The number of aromatic nitrogens is 1. The van der Waals surface area contributed by atoms with Crippen molar-refractivity contribution in [2.45, 2.75) is 33.2 Å². The lowest BCUT2D eigenvalue weighted by molar-refractivity contribution is 0.0915. The monoisotopic (exact) mass is 329 g/mol. The first-order valence-electron chi connectivity index (χ1n) is 7.51. The average Bonchev–Trinajstić information content (AvgIpc) is 2.88. The third-order valence-corrected chi connectivity index (χ3v) is 4.96. The Morgan fingerprint density at radius 2 is 2.00 bits per heavy atom. The van der Waals surface area contributed by atoms with Gasteiger partial charge in [-0.2, -0.15) is 0 Å². The number of amides is 1. The number of nitrogens with zero attached hydrogens (tertiary/aromatic N) is 1. The van der Waals surface area contributed by atoms with Crippen LogP contribution in [-0.4, -0.2) is 16.7 Å². The summed E-state index contributed by atoms with van der Waals surface area (Å²) in [6, 6.07) is 7.13. The molecule has 0 saturated heterocycles. The van der Waals surface area contributed by atoms with Crippen LogP contribution in [0.4, 0.5) is 5.13 Å². The minimum Gasteiger partial charge on any atom is -0.326 e. The van der Waals surface area contributed by atoms with Gasteiger partial charge in [-0.3, -0.25) is 14.9 Å². The van der Waals surface area contributed by atoms with E-state index in [9.17, 15) is 9.59 Å². The van der Waals surface area contributed by atoms with Crippen LogP contribution in [-0.2, 0) is 13.0 Å². The van der Waals surface area contributed by atoms with E-state index in [-0.39, 0.29) is 17.1 Å². The van der Waals surface area contributed by atoms with Crippen LogP contribution in [0.2, 0.25) is 0 Å². The molecule has 1 heterocycles. The van der Waals surface area contributed by atoms with Crippen molar-refractivity contribution < 1.29 is 9.59 Å². The van der Waals surface area contributed by atoms with Crippen LogP contribution in [0.5, 0.6) is 0 Å². The second-order valence-electron chi connectivity index (χ2n) is 6.59. The van der Waals surface area contributed by atoms with E-state index in [4.69, 9.17) is 5.73 Å². The molecule has 23 heavy (non-hydrogen) atoms. The summed E-state index contributed by atoms with van der Waals surface area (Å²) >= 11 is 1.26. The molecular formula is C17H19N3O2S. The molecular weight excluding hydrogens is 310 g/mol. The molecule has 6 heteroatoms. The van der Waals surface area contributed by atoms with Crippen molar-refractivity contribution in [1.29, 1.82) is 0 Å². The second-order valence-corrected chi connectivity index (χ2v) is 7.59. The number of nitrogens with two attached hydrogens (primary N) is 1. The van der Waals surface area contributed by atoms with Gasteiger partial charge < -0.3 is 5.73 Å². The number of nitrogens with one attached hydrogen (secondary N) is 1. The first-order valence-corrected chi connectivity index (χ1v) is 8.33. The Morgan fingerprint density at radius 1 is 1.30 bits per heavy atom. The number of hydrogen-bond donors (Lipinski definition) is 2. The first kappa shape index (κ1) is 15.8. The molecule has 0 unspecified atom stereocenters. The van der Waals surface area contributed by atoms with Crippen LogP contribution in [0.1, 0.15) is 51.6 Å². The van der Waals surface area contributed by atoms with Crippen LogP contribution in [0.25, 0.3) is 0 Å². The Hall–Kier alpha value is -2.05. The summed E-state index contributed by atoms with van der Waals surface area (Å²) in [5.41, 5.74) is 7.79. The van der Waals surface area contributed by atoms with Gasteiger partial charge in [0.05, 0.1) is 10.6 Å². The van der Waals surface area contributed by atoms with Crippen LogP contribution < -0.4 is 11.1 Å².